The first kappa shape index (κ1) is 29.3. The Morgan fingerprint density at radius 2 is 1.61 bits per heavy atom. The van der Waals surface area contributed by atoms with Crippen molar-refractivity contribution in [2.24, 2.45) is 5.10 Å². The van der Waals surface area contributed by atoms with Crippen LogP contribution in [0.3, 0.4) is 0 Å². The molecule has 41 heavy (non-hydrogen) atoms. The van der Waals surface area contributed by atoms with Crippen molar-refractivity contribution in [3.8, 4) is 17.2 Å². The van der Waals surface area contributed by atoms with Crippen LogP contribution in [0.25, 0.3) is 5.69 Å². The molecule has 3 aromatic carbocycles. The Kier molecular flexibility index (Phi) is 8.77. The molecule has 0 bridgehead atoms. The van der Waals surface area contributed by atoms with Crippen molar-refractivity contribution < 1.29 is 27.1 Å². The first-order chi connectivity index (χ1) is 19.5. The van der Waals surface area contributed by atoms with Gasteiger partial charge in [-0.1, -0.05) is 17.7 Å². The van der Waals surface area contributed by atoms with Crippen molar-refractivity contribution in [2.75, 3.05) is 25.1 Å². The molecule has 0 saturated heterocycles. The maximum absolute atomic E-state index is 13.7. The number of hydrazone groups is 1. The van der Waals surface area contributed by atoms with Gasteiger partial charge in [-0.2, -0.15) is 5.10 Å². The highest BCUT2D eigenvalue weighted by Crippen LogP contribution is 2.32. The molecule has 1 N–H and O–H groups in total. The van der Waals surface area contributed by atoms with Crippen LogP contribution < -0.4 is 19.2 Å². The van der Waals surface area contributed by atoms with Gasteiger partial charge in [0.15, 0.2) is 11.5 Å². The molecule has 9 nitrogen and oxygen atoms in total. The van der Waals surface area contributed by atoms with Crippen LogP contribution in [0.2, 0.25) is 0 Å². The second-order valence-electron chi connectivity index (χ2n) is 9.30. The van der Waals surface area contributed by atoms with E-state index in [-0.39, 0.29) is 16.5 Å². The molecule has 0 saturated carbocycles. The van der Waals surface area contributed by atoms with Gasteiger partial charge in [-0.05, 0) is 75.4 Å². The lowest BCUT2D eigenvalue weighted by atomic mass is 10.2. The number of sulfonamides is 1. The third kappa shape index (κ3) is 6.41. The van der Waals surface area contributed by atoms with Crippen molar-refractivity contribution in [2.45, 2.75) is 25.7 Å². The van der Waals surface area contributed by atoms with E-state index in [1.165, 1.54) is 50.8 Å². The van der Waals surface area contributed by atoms with Gasteiger partial charge in [0.05, 0.1) is 31.0 Å². The van der Waals surface area contributed by atoms with E-state index in [0.717, 1.165) is 32.5 Å². The molecule has 214 valence electrons. The Bertz CT molecular complexity index is 1680. The van der Waals surface area contributed by atoms with Crippen molar-refractivity contribution in [3.63, 3.8) is 0 Å². The van der Waals surface area contributed by atoms with Gasteiger partial charge >= 0.3 is 0 Å². The summed E-state index contributed by atoms with van der Waals surface area (Å²) in [5, 5.41) is 4.07. The van der Waals surface area contributed by atoms with Crippen molar-refractivity contribution in [3.05, 3.63) is 101 Å². The minimum atomic E-state index is -4.18. The van der Waals surface area contributed by atoms with Gasteiger partial charge < -0.3 is 14.0 Å². The van der Waals surface area contributed by atoms with E-state index < -0.39 is 22.5 Å². The molecule has 0 radical (unpaired) electrons. The molecule has 1 heterocycles. The zero-order chi connectivity index (χ0) is 29.7. The molecule has 11 heteroatoms. The molecule has 0 spiro atoms. The van der Waals surface area contributed by atoms with Crippen LogP contribution in [0.4, 0.5) is 10.1 Å². The lowest BCUT2D eigenvalue weighted by Gasteiger charge is -2.24. The number of methoxy groups -OCH3 is 2. The van der Waals surface area contributed by atoms with E-state index in [9.17, 15) is 17.6 Å². The molecule has 0 aliphatic rings. The number of rotatable bonds is 10. The molecule has 1 aromatic heterocycles. The number of nitrogens with zero attached hydrogens (tertiary/aromatic N) is 3. The Balaban J connectivity index is 1.58. The highest BCUT2D eigenvalue weighted by Gasteiger charge is 2.28. The number of halogens is 1. The highest BCUT2D eigenvalue weighted by molar-refractivity contribution is 7.92. The van der Waals surface area contributed by atoms with E-state index in [1.807, 2.05) is 31.4 Å². The molecule has 0 aliphatic heterocycles. The number of benzene rings is 3. The highest BCUT2D eigenvalue weighted by atomic mass is 32.2. The van der Waals surface area contributed by atoms with Gasteiger partial charge in [0, 0.05) is 28.7 Å². The normalized spacial score (nSPS) is 11.5. The van der Waals surface area contributed by atoms with Crippen LogP contribution in [0, 0.1) is 26.6 Å². The number of aryl methyl sites for hydroxylation is 2. The maximum atomic E-state index is 13.7. The predicted molar refractivity (Wildman–Crippen MR) is 156 cm³/mol. The Morgan fingerprint density at radius 3 is 2.24 bits per heavy atom. The SMILES string of the molecule is COc1ccc(S(=O)(=O)N(CC(=O)N/N=C\c2cc(C)n(-c3ccc(F)cc3)c2C)c2ccc(C)cc2)cc1OC. The molecule has 4 rings (SSSR count). The molecule has 0 aliphatic carbocycles. The summed E-state index contributed by atoms with van der Waals surface area (Å²) >= 11 is 0. The first-order valence-corrected chi connectivity index (χ1v) is 14.1. The summed E-state index contributed by atoms with van der Waals surface area (Å²) in [7, 11) is -1.32. The molecule has 0 unspecified atom stereocenters. The first-order valence-electron chi connectivity index (χ1n) is 12.6. The third-order valence-corrected chi connectivity index (χ3v) is 8.27. The fourth-order valence-electron chi connectivity index (χ4n) is 4.38. The zero-order valence-corrected chi connectivity index (χ0v) is 24.2. The van der Waals surface area contributed by atoms with Crippen LogP contribution in [0.15, 0.2) is 82.8 Å². The fourth-order valence-corrected chi connectivity index (χ4v) is 5.81. The predicted octanol–water partition coefficient (Wildman–Crippen LogP) is 4.90. The summed E-state index contributed by atoms with van der Waals surface area (Å²) in [6, 6.07) is 19.0. The van der Waals surface area contributed by atoms with Crippen molar-refractivity contribution >= 4 is 27.8 Å². The van der Waals surface area contributed by atoms with Crippen molar-refractivity contribution in [1.82, 2.24) is 9.99 Å². The van der Waals surface area contributed by atoms with Gasteiger partial charge in [0.1, 0.15) is 12.4 Å². The summed E-state index contributed by atoms with van der Waals surface area (Å²) in [4.78, 5) is 12.9. The second kappa shape index (κ2) is 12.3. The zero-order valence-electron chi connectivity index (χ0n) is 23.4. The molecule has 0 fully saturated rings. The number of carbonyl (C=O) groups excluding carboxylic acids is 1. The summed E-state index contributed by atoms with van der Waals surface area (Å²) < 4.78 is 54.3. The van der Waals surface area contributed by atoms with E-state index in [2.05, 4.69) is 10.5 Å². The Labute approximate surface area is 238 Å². The summed E-state index contributed by atoms with van der Waals surface area (Å²) in [6.07, 6.45) is 1.49. The van der Waals surface area contributed by atoms with E-state index in [1.54, 1.807) is 36.4 Å². The Morgan fingerprint density at radius 1 is 0.951 bits per heavy atom. The number of amides is 1. The number of hydrogen-bond acceptors (Lipinski definition) is 6. The summed E-state index contributed by atoms with van der Waals surface area (Å²) in [5.41, 5.74) is 6.94. The monoisotopic (exact) mass is 578 g/mol. The number of hydrogen-bond donors (Lipinski definition) is 1. The number of aromatic nitrogens is 1. The van der Waals surface area contributed by atoms with Crippen LogP contribution >= 0.6 is 0 Å². The minimum Gasteiger partial charge on any atom is -0.493 e. The van der Waals surface area contributed by atoms with E-state index in [4.69, 9.17) is 9.47 Å². The minimum absolute atomic E-state index is 0.0692. The molecule has 0 atom stereocenters. The van der Waals surface area contributed by atoms with Crippen LogP contribution in [-0.2, 0) is 14.8 Å². The number of nitrogens with one attached hydrogen (secondary N) is 1. The molecule has 4 aromatic rings. The largest absolute Gasteiger partial charge is 0.493 e. The van der Waals surface area contributed by atoms with Crippen molar-refractivity contribution in [1.29, 1.82) is 0 Å². The van der Waals surface area contributed by atoms with E-state index in [0.29, 0.717) is 11.4 Å². The Hall–Kier alpha value is -4.64. The van der Waals surface area contributed by atoms with Gasteiger partial charge in [0.25, 0.3) is 15.9 Å². The molecule has 1 amide bonds. The summed E-state index contributed by atoms with van der Waals surface area (Å²) in [5.74, 6) is -0.351. The topological polar surface area (TPSA) is 102 Å². The average molecular weight is 579 g/mol. The van der Waals surface area contributed by atoms with Gasteiger partial charge in [-0.15, -0.1) is 0 Å². The number of anilines is 1. The number of carbonyl (C=O) groups is 1. The summed E-state index contributed by atoms with van der Waals surface area (Å²) in [6.45, 7) is 5.15. The van der Waals surface area contributed by atoms with Crippen LogP contribution in [-0.4, -0.2) is 45.9 Å². The van der Waals surface area contributed by atoms with Gasteiger partial charge in [0.2, 0.25) is 0 Å². The lowest BCUT2D eigenvalue weighted by molar-refractivity contribution is -0.119. The van der Waals surface area contributed by atoms with Gasteiger partial charge in [-0.25, -0.2) is 18.2 Å². The molecular weight excluding hydrogens is 547 g/mol. The quantitative estimate of drug-likeness (QED) is 0.213. The average Bonchev–Trinajstić information content (AvgIpc) is 3.24. The van der Waals surface area contributed by atoms with E-state index >= 15 is 0 Å². The third-order valence-electron chi connectivity index (χ3n) is 6.50. The number of ether oxygens (including phenoxy) is 2. The maximum Gasteiger partial charge on any atom is 0.264 e. The molecular formula is C30H31FN4O5S. The smallest absolute Gasteiger partial charge is 0.264 e. The van der Waals surface area contributed by atoms with Gasteiger partial charge in [-0.3, -0.25) is 9.10 Å². The second-order valence-corrected chi connectivity index (χ2v) is 11.2. The fraction of sp³-hybridized carbons (Fsp3) is 0.200. The van der Waals surface area contributed by atoms with Crippen LogP contribution in [0.5, 0.6) is 11.5 Å². The van der Waals surface area contributed by atoms with Crippen LogP contribution in [0.1, 0.15) is 22.5 Å². The lowest BCUT2D eigenvalue weighted by Crippen LogP contribution is -2.39. The standard InChI is InChI=1S/C30H31FN4O5S/c1-20-6-10-25(11-7-20)34(41(37,38)27-14-15-28(39-4)29(17-27)40-5)19-30(36)33-32-18-23-16-21(2)35(22(23)3)26-12-8-24(31)9-13-26/h6-18H,19H2,1-5H3,(H,33,36)/b32-18-.